The summed E-state index contributed by atoms with van der Waals surface area (Å²) in [5, 5.41) is 26.2. The van der Waals surface area contributed by atoms with Gasteiger partial charge in [-0.1, -0.05) is 36.2 Å². The molecule has 0 saturated carbocycles. The molecule has 0 aliphatic heterocycles. The Morgan fingerprint density at radius 1 is 1.21 bits per heavy atom. The molecule has 0 aliphatic rings. The van der Waals surface area contributed by atoms with Crippen LogP contribution in [0, 0.1) is 5.41 Å². The molecule has 2 heterocycles. The van der Waals surface area contributed by atoms with Gasteiger partial charge in [0.05, 0.1) is 32.6 Å². The lowest BCUT2D eigenvalue weighted by Gasteiger charge is -2.20. The molecule has 208 valence electrons. The average molecular weight is 617 g/mol. The highest BCUT2D eigenvalue weighted by Gasteiger charge is 2.41. The van der Waals surface area contributed by atoms with Gasteiger partial charge in [-0.3, -0.25) is 4.79 Å². The minimum atomic E-state index is -4.81. The van der Waals surface area contributed by atoms with E-state index in [1.165, 1.54) is 26.8 Å². The van der Waals surface area contributed by atoms with Crippen molar-refractivity contribution in [1.29, 1.82) is 0 Å². The maximum absolute atomic E-state index is 13.1. The molecule has 1 aromatic carbocycles. The Bertz CT molecular complexity index is 1460. The number of benzene rings is 1. The van der Waals surface area contributed by atoms with Crippen molar-refractivity contribution < 1.29 is 41.0 Å². The molecule has 0 saturated heterocycles. The van der Waals surface area contributed by atoms with E-state index in [1.807, 2.05) is 0 Å². The van der Waals surface area contributed by atoms with Gasteiger partial charge in [-0.25, -0.2) is 13.4 Å². The van der Waals surface area contributed by atoms with Crippen LogP contribution in [-0.4, -0.2) is 52.0 Å². The second-order valence-corrected chi connectivity index (χ2v) is 12.1. The average Bonchev–Trinajstić information content (AvgIpc) is 3.44. The molecule has 2 aromatic heterocycles. The summed E-state index contributed by atoms with van der Waals surface area (Å²) in [4.78, 5) is 15.2. The summed E-state index contributed by atoms with van der Waals surface area (Å²) in [6.07, 6.45) is -5.41. The van der Waals surface area contributed by atoms with Gasteiger partial charge in [-0.2, -0.15) is 17.9 Å². The highest BCUT2D eigenvalue weighted by molar-refractivity contribution is 7.89. The Kier molecular flexibility index (Phi) is 8.80. The van der Waals surface area contributed by atoms with Gasteiger partial charge in [0.15, 0.2) is 5.01 Å². The van der Waals surface area contributed by atoms with E-state index in [0.29, 0.717) is 0 Å². The lowest BCUT2D eigenvalue weighted by atomic mass is 9.90. The first kappa shape index (κ1) is 30.2. The second kappa shape index (κ2) is 11.1. The van der Waals surface area contributed by atoms with E-state index in [9.17, 15) is 36.6 Å². The largest absolute Gasteiger partial charge is 0.481 e. The molecule has 3 rings (SSSR count). The predicted octanol–water partition coefficient (Wildman–Crippen LogP) is 4.93. The van der Waals surface area contributed by atoms with Gasteiger partial charge in [-0.15, -0.1) is 21.5 Å². The van der Waals surface area contributed by atoms with Crippen LogP contribution in [0.3, 0.4) is 0 Å². The number of rotatable bonds is 10. The minimum absolute atomic E-state index is 0.0436. The summed E-state index contributed by atoms with van der Waals surface area (Å²) >= 11 is 13.5. The maximum Gasteiger partial charge on any atom is 0.404 e. The summed E-state index contributed by atoms with van der Waals surface area (Å²) < 4.78 is 71.8. The van der Waals surface area contributed by atoms with E-state index < -0.39 is 56.6 Å². The van der Waals surface area contributed by atoms with Crippen LogP contribution < -0.4 is 4.72 Å². The molecule has 1 atom stereocenters. The van der Waals surface area contributed by atoms with Crippen LogP contribution in [0.2, 0.25) is 10.0 Å². The van der Waals surface area contributed by atoms with Crippen molar-refractivity contribution in [3.63, 3.8) is 0 Å². The Balaban J connectivity index is 1.98. The first-order valence-electron chi connectivity index (χ1n) is 10.8. The summed E-state index contributed by atoms with van der Waals surface area (Å²) in [5.41, 5.74) is -0.921. The molecule has 0 spiro atoms. The molecule has 0 bridgehead atoms. The summed E-state index contributed by atoms with van der Waals surface area (Å²) in [7, 11) is -4.70. The van der Waals surface area contributed by atoms with E-state index in [4.69, 9.17) is 27.6 Å². The zero-order chi connectivity index (χ0) is 28.6. The fourth-order valence-corrected chi connectivity index (χ4v) is 6.43. The number of aliphatic hydroxyl groups is 1. The number of aliphatic hydroxyl groups excluding tert-OH is 1. The summed E-state index contributed by atoms with van der Waals surface area (Å²) in [5.74, 6) is -1.08. The third-order valence-corrected chi connectivity index (χ3v) is 8.98. The van der Waals surface area contributed by atoms with Gasteiger partial charge in [0.25, 0.3) is 5.89 Å². The van der Waals surface area contributed by atoms with Crippen molar-refractivity contribution in [3.05, 3.63) is 33.8 Å². The number of nitrogens with zero attached hydrogens (tertiary/aromatic N) is 3. The number of aliphatic carboxylic acids is 1. The topological polar surface area (TPSA) is 156 Å². The number of thiazole rings is 1. The number of sulfonamides is 1. The third kappa shape index (κ3) is 6.29. The molecule has 0 aliphatic carbocycles. The Labute approximate surface area is 228 Å². The van der Waals surface area contributed by atoms with E-state index >= 15 is 0 Å². The Morgan fingerprint density at radius 3 is 2.42 bits per heavy atom. The first-order chi connectivity index (χ1) is 17.5. The first-order valence-corrected chi connectivity index (χ1v) is 13.8. The number of hydrogen-bond acceptors (Lipinski definition) is 9. The summed E-state index contributed by atoms with van der Waals surface area (Å²) in [6.45, 7) is 3.58. The quantitative estimate of drug-likeness (QED) is 0.287. The molecule has 0 fully saturated rings. The van der Waals surface area contributed by atoms with Gasteiger partial charge in [-0.05, 0) is 26.3 Å². The molecule has 0 radical (unpaired) electrons. The van der Waals surface area contributed by atoms with E-state index in [-0.39, 0.29) is 44.4 Å². The smallest absolute Gasteiger partial charge is 0.404 e. The van der Waals surface area contributed by atoms with Gasteiger partial charge in [0.2, 0.25) is 15.9 Å². The van der Waals surface area contributed by atoms with Gasteiger partial charge < -0.3 is 14.6 Å². The van der Waals surface area contributed by atoms with Crippen molar-refractivity contribution in [3.8, 4) is 21.3 Å². The third-order valence-electron chi connectivity index (χ3n) is 5.35. The van der Waals surface area contributed by atoms with Crippen molar-refractivity contribution in [1.82, 2.24) is 19.9 Å². The molecule has 1 unspecified atom stereocenters. The molecule has 38 heavy (non-hydrogen) atoms. The van der Waals surface area contributed by atoms with E-state index in [1.54, 1.807) is 4.72 Å². The lowest BCUT2D eigenvalue weighted by Crippen LogP contribution is -2.44. The van der Waals surface area contributed by atoms with Crippen molar-refractivity contribution in [2.75, 3.05) is 0 Å². The van der Waals surface area contributed by atoms with Crippen molar-refractivity contribution in [2.45, 2.75) is 57.3 Å². The normalized spacial score (nSPS) is 13.6. The van der Waals surface area contributed by atoms with Crippen LogP contribution in [0.1, 0.15) is 38.8 Å². The van der Waals surface area contributed by atoms with Crippen molar-refractivity contribution in [2.24, 2.45) is 5.41 Å². The number of nitrogens with one attached hydrogen (secondary N) is 1. The van der Waals surface area contributed by atoms with Gasteiger partial charge in [0, 0.05) is 12.0 Å². The van der Waals surface area contributed by atoms with E-state index in [2.05, 4.69) is 15.2 Å². The number of hydrogen-bond donors (Lipinski definition) is 3. The minimum Gasteiger partial charge on any atom is -0.481 e. The molecular weight excluding hydrogens is 596 g/mol. The van der Waals surface area contributed by atoms with Crippen LogP contribution in [0.5, 0.6) is 0 Å². The SMILES string of the molecule is CCC(NS(=O)(=O)c1ccc(-c2sc(-c3nnc(CC(C)(C)C(=O)O)o3)nc2CO)c(Cl)c1Cl)C(F)(F)F. The number of alkyl halides is 3. The van der Waals surface area contributed by atoms with Gasteiger partial charge >= 0.3 is 12.1 Å². The Morgan fingerprint density at radius 2 is 1.87 bits per heavy atom. The number of carbonyl (C=O) groups is 1. The lowest BCUT2D eigenvalue weighted by molar-refractivity contribution is -0.151. The fourth-order valence-electron chi connectivity index (χ4n) is 3.17. The molecular formula is C21H21Cl2F3N4O6S2. The number of aromatic nitrogens is 3. The molecule has 17 heteroatoms. The van der Waals surface area contributed by atoms with Crippen LogP contribution in [-0.2, 0) is 27.8 Å². The van der Waals surface area contributed by atoms with Crippen LogP contribution in [0.25, 0.3) is 21.3 Å². The number of carboxylic acids is 1. The highest BCUT2D eigenvalue weighted by atomic mass is 35.5. The molecule has 3 N–H and O–H groups in total. The highest BCUT2D eigenvalue weighted by Crippen LogP contribution is 2.43. The zero-order valence-electron chi connectivity index (χ0n) is 19.9. The second-order valence-electron chi connectivity index (χ2n) is 8.68. The monoisotopic (exact) mass is 616 g/mol. The standard InChI is InChI=1S/C21H21Cl2F3N4O6S2/c1-4-12(21(24,25)26)30-38(34,35)11-6-5-9(14(22)15(11)23)16-10(8-31)27-18(37-16)17-29-28-13(36-17)7-20(2,3)19(32)33/h5-6,12,30-31H,4,7-8H2,1-3H3,(H,32,33). The van der Waals surface area contributed by atoms with Crippen LogP contribution >= 0.6 is 34.5 Å². The molecule has 0 amide bonds. The maximum atomic E-state index is 13.1. The predicted molar refractivity (Wildman–Crippen MR) is 132 cm³/mol. The van der Waals surface area contributed by atoms with Crippen molar-refractivity contribution >= 4 is 50.5 Å². The molecule has 10 nitrogen and oxygen atoms in total. The van der Waals surface area contributed by atoms with E-state index in [0.717, 1.165) is 17.4 Å². The Hall–Kier alpha value is -2.30. The number of halogens is 5. The fraction of sp³-hybridized carbons (Fsp3) is 0.429. The molecule has 3 aromatic rings. The summed E-state index contributed by atoms with van der Waals surface area (Å²) in [6, 6.07) is -0.107. The number of carboxylic acid groups (broad SMARTS) is 1. The van der Waals surface area contributed by atoms with Crippen LogP contribution in [0.15, 0.2) is 21.4 Å². The van der Waals surface area contributed by atoms with Crippen LogP contribution in [0.4, 0.5) is 13.2 Å². The van der Waals surface area contributed by atoms with Gasteiger partial charge in [0.1, 0.15) is 10.9 Å². The zero-order valence-corrected chi connectivity index (χ0v) is 23.1.